The van der Waals surface area contributed by atoms with Gasteiger partial charge in [0.05, 0.1) is 0 Å². The zero-order chi connectivity index (χ0) is 14.5. The van der Waals surface area contributed by atoms with Crippen LogP contribution >= 0.6 is 0 Å². The molecule has 3 unspecified atom stereocenters. The van der Waals surface area contributed by atoms with Gasteiger partial charge in [0.15, 0.2) is 0 Å². The second-order valence-corrected chi connectivity index (χ2v) is 7.20. The maximum atomic E-state index is 3.76. The van der Waals surface area contributed by atoms with Crippen LogP contribution in [0, 0.1) is 5.92 Å². The summed E-state index contributed by atoms with van der Waals surface area (Å²) in [7, 11) is 0. The van der Waals surface area contributed by atoms with Crippen molar-refractivity contribution in [1.29, 1.82) is 0 Å². The van der Waals surface area contributed by atoms with Crippen molar-refractivity contribution in [3.63, 3.8) is 0 Å². The van der Waals surface area contributed by atoms with Crippen LogP contribution < -0.4 is 5.32 Å². The third-order valence-corrected chi connectivity index (χ3v) is 4.99. The van der Waals surface area contributed by atoms with E-state index < -0.39 is 0 Å². The molecular formula is C17H36N2. The van der Waals surface area contributed by atoms with Crippen LogP contribution in [-0.4, -0.2) is 35.6 Å². The maximum absolute atomic E-state index is 3.76. The molecule has 1 heterocycles. The van der Waals surface area contributed by atoms with Crippen molar-refractivity contribution in [3.8, 4) is 0 Å². The van der Waals surface area contributed by atoms with Gasteiger partial charge in [0.1, 0.15) is 0 Å². The monoisotopic (exact) mass is 268 g/mol. The summed E-state index contributed by atoms with van der Waals surface area (Å²) < 4.78 is 0. The van der Waals surface area contributed by atoms with E-state index in [1.807, 2.05) is 0 Å². The highest BCUT2D eigenvalue weighted by Gasteiger charge is 2.35. The van der Waals surface area contributed by atoms with E-state index in [1.54, 1.807) is 0 Å². The predicted molar refractivity (Wildman–Crippen MR) is 85.6 cm³/mol. The standard InChI is InChI=1S/C17H36N2/c1-7-16-12-18-17(6,8-2)13-19(16)15(5)11-9-10-14(3)4/h14-16,18H,7-13H2,1-6H3. The molecule has 3 atom stereocenters. The Bertz CT molecular complexity index is 252. The largest absolute Gasteiger partial charge is 0.309 e. The first-order valence-electron chi connectivity index (χ1n) is 8.42. The topological polar surface area (TPSA) is 15.3 Å². The Balaban J connectivity index is 2.54. The molecule has 0 amide bonds. The molecule has 2 heteroatoms. The average molecular weight is 268 g/mol. The molecule has 1 N–H and O–H groups in total. The van der Waals surface area contributed by atoms with E-state index in [9.17, 15) is 0 Å². The molecule has 0 bridgehead atoms. The maximum Gasteiger partial charge on any atom is 0.0278 e. The highest BCUT2D eigenvalue weighted by Crippen LogP contribution is 2.24. The third kappa shape index (κ3) is 5.07. The minimum Gasteiger partial charge on any atom is -0.309 e. The zero-order valence-corrected chi connectivity index (χ0v) is 14.1. The first-order valence-corrected chi connectivity index (χ1v) is 8.42. The molecule has 1 rings (SSSR count). The second-order valence-electron chi connectivity index (χ2n) is 7.20. The van der Waals surface area contributed by atoms with Crippen LogP contribution in [0.25, 0.3) is 0 Å². The lowest BCUT2D eigenvalue weighted by Gasteiger charge is -2.48. The van der Waals surface area contributed by atoms with Crippen molar-refractivity contribution in [2.75, 3.05) is 13.1 Å². The summed E-state index contributed by atoms with van der Waals surface area (Å²) in [4.78, 5) is 2.78. The molecule has 0 spiro atoms. The fraction of sp³-hybridized carbons (Fsp3) is 1.00. The van der Waals surface area contributed by atoms with Crippen LogP contribution in [0.5, 0.6) is 0 Å². The summed E-state index contributed by atoms with van der Waals surface area (Å²) in [6.45, 7) is 16.5. The number of nitrogens with zero attached hydrogens (tertiary/aromatic N) is 1. The normalized spacial score (nSPS) is 30.8. The van der Waals surface area contributed by atoms with E-state index in [0.29, 0.717) is 5.54 Å². The Morgan fingerprint density at radius 1 is 1.21 bits per heavy atom. The minimum atomic E-state index is 0.317. The van der Waals surface area contributed by atoms with Crippen LogP contribution in [-0.2, 0) is 0 Å². The molecule has 1 fully saturated rings. The minimum absolute atomic E-state index is 0.317. The number of rotatable bonds is 7. The van der Waals surface area contributed by atoms with E-state index in [1.165, 1.54) is 38.6 Å². The number of nitrogens with one attached hydrogen (secondary N) is 1. The quantitative estimate of drug-likeness (QED) is 0.749. The molecule has 2 nitrogen and oxygen atoms in total. The first kappa shape index (κ1) is 17.0. The van der Waals surface area contributed by atoms with Gasteiger partial charge < -0.3 is 5.32 Å². The van der Waals surface area contributed by atoms with Crippen molar-refractivity contribution in [3.05, 3.63) is 0 Å². The fourth-order valence-electron chi connectivity index (χ4n) is 3.19. The van der Waals surface area contributed by atoms with Gasteiger partial charge in [-0.2, -0.15) is 0 Å². The van der Waals surface area contributed by atoms with Crippen LogP contribution in [0.15, 0.2) is 0 Å². The highest BCUT2D eigenvalue weighted by molar-refractivity contribution is 4.95. The molecule has 1 saturated heterocycles. The van der Waals surface area contributed by atoms with Gasteiger partial charge in [-0.3, -0.25) is 4.90 Å². The fourth-order valence-corrected chi connectivity index (χ4v) is 3.19. The summed E-state index contributed by atoms with van der Waals surface area (Å²) in [5.74, 6) is 0.845. The summed E-state index contributed by atoms with van der Waals surface area (Å²) in [5.41, 5.74) is 0.317. The predicted octanol–water partition coefficient (Wildman–Crippen LogP) is 4.05. The Morgan fingerprint density at radius 2 is 1.89 bits per heavy atom. The summed E-state index contributed by atoms with van der Waals surface area (Å²) in [5, 5.41) is 3.76. The van der Waals surface area contributed by atoms with Gasteiger partial charge in [0, 0.05) is 30.7 Å². The Morgan fingerprint density at radius 3 is 2.42 bits per heavy atom. The molecule has 0 saturated carbocycles. The second kappa shape index (κ2) is 7.64. The molecule has 1 aliphatic rings. The third-order valence-electron chi connectivity index (χ3n) is 4.99. The van der Waals surface area contributed by atoms with Crippen LogP contribution in [0.1, 0.15) is 73.6 Å². The van der Waals surface area contributed by atoms with Crippen molar-refractivity contribution >= 4 is 0 Å². The van der Waals surface area contributed by atoms with Gasteiger partial charge in [0.2, 0.25) is 0 Å². The lowest BCUT2D eigenvalue weighted by Crippen LogP contribution is -2.64. The smallest absolute Gasteiger partial charge is 0.0278 e. The van der Waals surface area contributed by atoms with Gasteiger partial charge in [-0.15, -0.1) is 0 Å². The lowest BCUT2D eigenvalue weighted by atomic mass is 9.90. The molecule has 0 aromatic carbocycles. The molecule has 114 valence electrons. The summed E-state index contributed by atoms with van der Waals surface area (Å²) >= 11 is 0. The SMILES string of the molecule is CCC1CNC(C)(CC)CN1C(C)CCCC(C)C. The van der Waals surface area contributed by atoms with Gasteiger partial charge >= 0.3 is 0 Å². The van der Waals surface area contributed by atoms with E-state index in [0.717, 1.165) is 24.5 Å². The van der Waals surface area contributed by atoms with Gasteiger partial charge in [-0.05, 0) is 39.0 Å². The van der Waals surface area contributed by atoms with Crippen molar-refractivity contribution < 1.29 is 0 Å². The average Bonchev–Trinajstić information content (AvgIpc) is 2.38. The molecule has 19 heavy (non-hydrogen) atoms. The van der Waals surface area contributed by atoms with Crippen LogP contribution in [0.3, 0.4) is 0 Å². The van der Waals surface area contributed by atoms with Gasteiger partial charge in [0.25, 0.3) is 0 Å². The van der Waals surface area contributed by atoms with Crippen LogP contribution in [0.2, 0.25) is 0 Å². The summed E-state index contributed by atoms with van der Waals surface area (Å²) in [6.07, 6.45) is 6.59. The lowest BCUT2D eigenvalue weighted by molar-refractivity contribution is 0.0456. The first-order chi connectivity index (χ1) is 8.91. The van der Waals surface area contributed by atoms with E-state index in [4.69, 9.17) is 0 Å². The van der Waals surface area contributed by atoms with Crippen LogP contribution in [0.4, 0.5) is 0 Å². The van der Waals surface area contributed by atoms with E-state index in [2.05, 4.69) is 51.8 Å². The Kier molecular flexibility index (Phi) is 6.82. The van der Waals surface area contributed by atoms with E-state index in [-0.39, 0.29) is 0 Å². The van der Waals surface area contributed by atoms with Crippen molar-refractivity contribution in [2.24, 2.45) is 5.92 Å². The van der Waals surface area contributed by atoms with Gasteiger partial charge in [-0.25, -0.2) is 0 Å². The number of hydrogen-bond acceptors (Lipinski definition) is 2. The Labute approximate surface area is 121 Å². The number of piperazine rings is 1. The van der Waals surface area contributed by atoms with Crippen molar-refractivity contribution in [2.45, 2.75) is 91.3 Å². The highest BCUT2D eigenvalue weighted by atomic mass is 15.3. The molecule has 1 aliphatic heterocycles. The van der Waals surface area contributed by atoms with E-state index >= 15 is 0 Å². The molecule has 0 aliphatic carbocycles. The molecular weight excluding hydrogens is 232 g/mol. The number of hydrogen-bond donors (Lipinski definition) is 1. The Hall–Kier alpha value is -0.0800. The summed E-state index contributed by atoms with van der Waals surface area (Å²) in [6, 6.07) is 1.46. The van der Waals surface area contributed by atoms with Crippen molar-refractivity contribution in [1.82, 2.24) is 10.2 Å². The molecule has 0 aromatic heterocycles. The van der Waals surface area contributed by atoms with Gasteiger partial charge in [-0.1, -0.05) is 40.5 Å². The molecule has 0 aromatic rings. The zero-order valence-electron chi connectivity index (χ0n) is 14.1. The molecule has 0 radical (unpaired) electrons.